The van der Waals surface area contributed by atoms with E-state index in [0.717, 1.165) is 6.42 Å². The quantitative estimate of drug-likeness (QED) is 0.570. The highest BCUT2D eigenvalue weighted by Gasteiger charge is 2.39. The van der Waals surface area contributed by atoms with Gasteiger partial charge in [0.2, 0.25) is 0 Å². The number of ether oxygens (including phenoxy) is 3. The topological polar surface area (TPSA) is 27.7 Å². The molecule has 0 aromatic carbocycles. The maximum atomic E-state index is 5.25. The summed E-state index contributed by atoms with van der Waals surface area (Å²) >= 11 is 0. The van der Waals surface area contributed by atoms with Crippen molar-refractivity contribution in [3.8, 4) is 0 Å². The molecule has 1 aliphatic heterocycles. The summed E-state index contributed by atoms with van der Waals surface area (Å²) in [6.07, 6.45) is 4.50. The van der Waals surface area contributed by atoms with Crippen molar-refractivity contribution in [2.45, 2.75) is 19.3 Å². The van der Waals surface area contributed by atoms with E-state index in [9.17, 15) is 0 Å². The van der Waals surface area contributed by atoms with Crippen LogP contribution in [0.1, 0.15) is 13.3 Å². The first-order valence-electron chi connectivity index (χ1n) is 3.68. The van der Waals surface area contributed by atoms with Gasteiger partial charge in [0, 0.05) is 14.2 Å². The van der Waals surface area contributed by atoms with Crippen molar-refractivity contribution >= 4 is 0 Å². The molecule has 11 heavy (non-hydrogen) atoms. The predicted octanol–water partition coefficient (Wildman–Crippen LogP) is 1.50. The van der Waals surface area contributed by atoms with Crippen LogP contribution in [0, 0.1) is 5.92 Å². The fourth-order valence-electron chi connectivity index (χ4n) is 1.25. The Morgan fingerprint density at radius 1 is 1.45 bits per heavy atom. The minimum absolute atomic E-state index is 0.225. The standard InChI is InChI=1S/C8H14O3/c1-7-5-4-6-11-8(7,9-2)10-3/h4,6-7H,5H2,1-3H3. The third-order valence-electron chi connectivity index (χ3n) is 1.99. The van der Waals surface area contributed by atoms with Crippen LogP contribution in [0.4, 0.5) is 0 Å². The first-order valence-corrected chi connectivity index (χ1v) is 3.68. The van der Waals surface area contributed by atoms with Gasteiger partial charge < -0.3 is 14.2 Å². The lowest BCUT2D eigenvalue weighted by Crippen LogP contribution is -2.43. The summed E-state index contributed by atoms with van der Waals surface area (Å²) in [5, 5.41) is 0. The summed E-state index contributed by atoms with van der Waals surface area (Å²) in [7, 11) is 3.16. The van der Waals surface area contributed by atoms with Crippen LogP contribution in [0.25, 0.3) is 0 Å². The second-order valence-electron chi connectivity index (χ2n) is 2.64. The van der Waals surface area contributed by atoms with Gasteiger partial charge in [-0.05, 0) is 12.5 Å². The summed E-state index contributed by atoms with van der Waals surface area (Å²) in [5.74, 6) is -0.642. The first kappa shape index (κ1) is 8.56. The average molecular weight is 158 g/mol. The van der Waals surface area contributed by atoms with Gasteiger partial charge in [0.25, 0.3) is 0 Å². The molecule has 0 amide bonds. The number of methoxy groups -OCH3 is 2. The molecule has 3 nitrogen and oxygen atoms in total. The van der Waals surface area contributed by atoms with Crippen molar-refractivity contribution in [3.05, 3.63) is 12.3 Å². The van der Waals surface area contributed by atoms with Gasteiger partial charge in [-0.25, -0.2) is 0 Å². The molecule has 1 unspecified atom stereocenters. The molecule has 1 heterocycles. The smallest absolute Gasteiger partial charge is 0.328 e. The van der Waals surface area contributed by atoms with Crippen molar-refractivity contribution in [1.82, 2.24) is 0 Å². The van der Waals surface area contributed by atoms with Crippen molar-refractivity contribution in [2.75, 3.05) is 14.2 Å². The molecule has 0 bridgehead atoms. The highest BCUT2D eigenvalue weighted by molar-refractivity contribution is 4.87. The summed E-state index contributed by atoms with van der Waals surface area (Å²) in [5.41, 5.74) is 0. The zero-order valence-electron chi connectivity index (χ0n) is 7.16. The third kappa shape index (κ3) is 1.39. The van der Waals surface area contributed by atoms with Gasteiger partial charge in [0.1, 0.15) is 0 Å². The molecule has 1 atom stereocenters. The molecule has 0 radical (unpaired) electrons. The summed E-state index contributed by atoms with van der Waals surface area (Å²) in [6, 6.07) is 0. The molecule has 1 rings (SSSR count). The van der Waals surface area contributed by atoms with E-state index in [1.807, 2.05) is 13.0 Å². The fourth-order valence-corrected chi connectivity index (χ4v) is 1.25. The lowest BCUT2D eigenvalue weighted by Gasteiger charge is -2.36. The lowest BCUT2D eigenvalue weighted by atomic mass is 10.0. The highest BCUT2D eigenvalue weighted by atomic mass is 16.9. The Kier molecular flexibility index (Phi) is 2.52. The predicted molar refractivity (Wildman–Crippen MR) is 40.8 cm³/mol. The van der Waals surface area contributed by atoms with Crippen molar-refractivity contribution < 1.29 is 14.2 Å². The number of allylic oxidation sites excluding steroid dienone is 1. The first-order chi connectivity index (χ1) is 5.25. The zero-order valence-corrected chi connectivity index (χ0v) is 7.16. The number of rotatable bonds is 2. The van der Waals surface area contributed by atoms with E-state index in [1.165, 1.54) is 0 Å². The van der Waals surface area contributed by atoms with Crippen molar-refractivity contribution in [2.24, 2.45) is 5.92 Å². The summed E-state index contributed by atoms with van der Waals surface area (Å²) < 4.78 is 15.5. The minimum atomic E-state index is -0.866. The molecule has 0 N–H and O–H groups in total. The minimum Gasteiger partial charge on any atom is -0.447 e. The molecule has 0 spiro atoms. The highest BCUT2D eigenvalue weighted by Crippen LogP contribution is 2.30. The van der Waals surface area contributed by atoms with Crippen molar-refractivity contribution in [3.63, 3.8) is 0 Å². The van der Waals surface area contributed by atoms with Crippen LogP contribution >= 0.6 is 0 Å². The van der Waals surface area contributed by atoms with Crippen LogP contribution in [0.15, 0.2) is 12.3 Å². The SMILES string of the molecule is COC1(OC)OC=CCC1C. The van der Waals surface area contributed by atoms with E-state index in [-0.39, 0.29) is 5.92 Å². The number of hydrogen-bond donors (Lipinski definition) is 0. The van der Waals surface area contributed by atoms with Gasteiger partial charge in [-0.15, -0.1) is 0 Å². The summed E-state index contributed by atoms with van der Waals surface area (Å²) in [4.78, 5) is 0. The van der Waals surface area contributed by atoms with Crippen LogP contribution in [-0.2, 0) is 14.2 Å². The van der Waals surface area contributed by atoms with Crippen LogP contribution in [0.5, 0.6) is 0 Å². The maximum absolute atomic E-state index is 5.25. The Morgan fingerprint density at radius 3 is 2.45 bits per heavy atom. The Bertz CT molecular complexity index is 149. The fraction of sp³-hybridized carbons (Fsp3) is 0.750. The molecule has 0 fully saturated rings. The Morgan fingerprint density at radius 2 is 2.09 bits per heavy atom. The molecule has 0 saturated carbocycles. The van der Waals surface area contributed by atoms with Gasteiger partial charge in [-0.2, -0.15) is 0 Å². The maximum Gasteiger partial charge on any atom is 0.328 e. The van der Waals surface area contributed by atoms with E-state index in [1.54, 1.807) is 20.5 Å². The van der Waals surface area contributed by atoms with Crippen LogP contribution in [-0.4, -0.2) is 20.2 Å². The second-order valence-corrected chi connectivity index (χ2v) is 2.64. The number of hydrogen-bond acceptors (Lipinski definition) is 3. The van der Waals surface area contributed by atoms with E-state index < -0.39 is 5.97 Å². The van der Waals surface area contributed by atoms with Gasteiger partial charge in [0.05, 0.1) is 12.2 Å². The van der Waals surface area contributed by atoms with Gasteiger partial charge >= 0.3 is 5.97 Å². The Labute approximate surface area is 66.9 Å². The van der Waals surface area contributed by atoms with E-state index in [4.69, 9.17) is 14.2 Å². The molecule has 0 aliphatic carbocycles. The summed E-state index contributed by atoms with van der Waals surface area (Å²) in [6.45, 7) is 2.02. The zero-order chi connectivity index (χ0) is 8.32. The van der Waals surface area contributed by atoms with Gasteiger partial charge in [-0.3, -0.25) is 0 Å². The Balaban J connectivity index is 2.72. The van der Waals surface area contributed by atoms with Gasteiger partial charge in [-0.1, -0.05) is 6.92 Å². The second kappa shape index (κ2) is 3.24. The van der Waals surface area contributed by atoms with E-state index in [2.05, 4.69) is 0 Å². The molecule has 64 valence electrons. The van der Waals surface area contributed by atoms with Gasteiger partial charge in [0.15, 0.2) is 0 Å². The molecular weight excluding hydrogens is 144 g/mol. The average Bonchev–Trinajstić information content (AvgIpc) is 2.06. The van der Waals surface area contributed by atoms with Crippen LogP contribution in [0.3, 0.4) is 0 Å². The van der Waals surface area contributed by atoms with Crippen LogP contribution < -0.4 is 0 Å². The largest absolute Gasteiger partial charge is 0.447 e. The Hall–Kier alpha value is -0.540. The molecule has 0 saturated heterocycles. The molecule has 3 heteroatoms. The van der Waals surface area contributed by atoms with Crippen molar-refractivity contribution in [1.29, 1.82) is 0 Å². The molecule has 0 aromatic rings. The molecule has 1 aliphatic rings. The monoisotopic (exact) mass is 158 g/mol. The normalized spacial score (nSPS) is 28.1. The molecular formula is C8H14O3. The van der Waals surface area contributed by atoms with E-state index >= 15 is 0 Å². The van der Waals surface area contributed by atoms with E-state index in [0.29, 0.717) is 0 Å². The molecule has 0 aromatic heterocycles. The lowest BCUT2D eigenvalue weighted by molar-refractivity contribution is -0.369. The van der Waals surface area contributed by atoms with Crippen LogP contribution in [0.2, 0.25) is 0 Å². The third-order valence-corrected chi connectivity index (χ3v) is 1.99.